The molecule has 0 aromatic heterocycles. The van der Waals surface area contributed by atoms with Crippen LogP contribution < -0.4 is 5.32 Å². The number of aliphatic carboxylic acids is 1. The lowest BCUT2D eigenvalue weighted by molar-refractivity contribution is -0.133. The quantitative estimate of drug-likeness (QED) is 0.707. The summed E-state index contributed by atoms with van der Waals surface area (Å²) in [6.07, 6.45) is 2.21. The molecule has 0 aromatic rings. The number of nitrogens with one attached hydrogen (secondary N) is 1. The summed E-state index contributed by atoms with van der Waals surface area (Å²) in [6.45, 7) is 3.48. The number of hydrogen-bond donors (Lipinski definition) is 2. The van der Waals surface area contributed by atoms with Gasteiger partial charge in [-0.2, -0.15) is 0 Å². The van der Waals surface area contributed by atoms with Crippen molar-refractivity contribution in [1.29, 1.82) is 0 Å². The summed E-state index contributed by atoms with van der Waals surface area (Å²) in [5, 5.41) is 11.3. The summed E-state index contributed by atoms with van der Waals surface area (Å²) in [5.74, 6) is -0.418. The lowest BCUT2D eigenvalue weighted by Gasteiger charge is -2.17. The van der Waals surface area contributed by atoms with Crippen molar-refractivity contribution in [2.75, 3.05) is 24.7 Å². The van der Waals surface area contributed by atoms with Crippen LogP contribution in [0, 0.1) is 5.92 Å². The van der Waals surface area contributed by atoms with Crippen LogP contribution in [0.1, 0.15) is 19.8 Å². The third-order valence-electron chi connectivity index (χ3n) is 2.77. The molecule has 0 aromatic carbocycles. The zero-order valence-electron chi connectivity index (χ0n) is 9.98. The minimum absolute atomic E-state index is 0.0302. The number of carboxylic acids is 1. The Morgan fingerprint density at radius 2 is 2.24 bits per heavy atom. The molecule has 1 amide bonds. The number of rotatable bonds is 7. The first-order valence-corrected chi connectivity index (χ1v) is 6.96. The van der Waals surface area contributed by atoms with E-state index in [1.807, 2.05) is 0 Å². The summed E-state index contributed by atoms with van der Waals surface area (Å²) < 4.78 is 5.53. The molecule has 1 aliphatic rings. The van der Waals surface area contributed by atoms with Crippen molar-refractivity contribution in [2.45, 2.75) is 25.9 Å². The second-order valence-electron chi connectivity index (χ2n) is 4.06. The van der Waals surface area contributed by atoms with E-state index >= 15 is 0 Å². The smallest absolute Gasteiger partial charge is 0.313 e. The third-order valence-corrected chi connectivity index (χ3v) is 3.69. The Morgan fingerprint density at radius 1 is 1.47 bits per heavy atom. The van der Waals surface area contributed by atoms with Gasteiger partial charge in [0.05, 0.1) is 17.6 Å². The molecule has 1 aliphatic heterocycles. The third kappa shape index (κ3) is 5.41. The van der Waals surface area contributed by atoms with Gasteiger partial charge in [0.1, 0.15) is 0 Å². The molecule has 2 N–H and O–H groups in total. The lowest BCUT2D eigenvalue weighted by atomic mass is 10.00. The molecule has 1 fully saturated rings. The number of ether oxygens (including phenoxy) is 1. The van der Waals surface area contributed by atoms with Gasteiger partial charge in [-0.15, -0.1) is 11.8 Å². The molecular formula is C11H19NO4S. The first kappa shape index (κ1) is 14.3. The fourth-order valence-electron chi connectivity index (χ4n) is 1.90. The predicted molar refractivity (Wildman–Crippen MR) is 66.1 cm³/mol. The maximum absolute atomic E-state index is 11.4. The van der Waals surface area contributed by atoms with Crippen LogP contribution in [0.25, 0.3) is 0 Å². The van der Waals surface area contributed by atoms with Crippen molar-refractivity contribution in [3.63, 3.8) is 0 Å². The van der Waals surface area contributed by atoms with Gasteiger partial charge in [0.2, 0.25) is 5.91 Å². The van der Waals surface area contributed by atoms with E-state index < -0.39 is 5.97 Å². The van der Waals surface area contributed by atoms with E-state index in [9.17, 15) is 9.59 Å². The Labute approximate surface area is 105 Å². The van der Waals surface area contributed by atoms with Crippen molar-refractivity contribution in [1.82, 2.24) is 5.32 Å². The van der Waals surface area contributed by atoms with Crippen molar-refractivity contribution >= 4 is 23.6 Å². The molecule has 98 valence electrons. The van der Waals surface area contributed by atoms with Crippen molar-refractivity contribution in [3.05, 3.63) is 0 Å². The van der Waals surface area contributed by atoms with Crippen molar-refractivity contribution in [3.8, 4) is 0 Å². The Kier molecular flexibility index (Phi) is 6.36. The number of thioether (sulfide) groups is 1. The minimum Gasteiger partial charge on any atom is -0.481 e. The second kappa shape index (κ2) is 7.55. The van der Waals surface area contributed by atoms with Crippen LogP contribution in [0.5, 0.6) is 0 Å². The fraction of sp³-hybridized carbons (Fsp3) is 0.818. The standard InChI is InChI=1S/C11H19NO4S/c1-2-9-8(3-4-16-9)5-12-10(13)6-17-7-11(14)15/h8-9H,2-7H2,1H3,(H,12,13)(H,14,15). The van der Waals surface area contributed by atoms with Crippen molar-refractivity contribution < 1.29 is 19.4 Å². The molecule has 0 radical (unpaired) electrons. The molecule has 0 spiro atoms. The molecule has 1 heterocycles. The largest absolute Gasteiger partial charge is 0.481 e. The van der Waals surface area contributed by atoms with E-state index in [4.69, 9.17) is 9.84 Å². The predicted octanol–water partition coefficient (Wildman–Crippen LogP) is 0.735. The zero-order valence-corrected chi connectivity index (χ0v) is 10.8. The van der Waals surface area contributed by atoms with Gasteiger partial charge in [-0.05, 0) is 12.8 Å². The molecule has 0 aliphatic carbocycles. The molecule has 17 heavy (non-hydrogen) atoms. The van der Waals surface area contributed by atoms with Crippen LogP contribution >= 0.6 is 11.8 Å². The van der Waals surface area contributed by atoms with E-state index in [0.29, 0.717) is 12.5 Å². The number of carbonyl (C=O) groups excluding carboxylic acids is 1. The Morgan fingerprint density at radius 3 is 2.88 bits per heavy atom. The highest BCUT2D eigenvalue weighted by molar-refractivity contribution is 8.00. The van der Waals surface area contributed by atoms with Crippen LogP contribution in [0.3, 0.4) is 0 Å². The number of hydrogen-bond acceptors (Lipinski definition) is 4. The molecular weight excluding hydrogens is 242 g/mol. The first-order chi connectivity index (χ1) is 8.13. The van der Waals surface area contributed by atoms with Gasteiger partial charge in [-0.3, -0.25) is 9.59 Å². The molecule has 2 unspecified atom stereocenters. The van der Waals surface area contributed by atoms with Crippen molar-refractivity contribution in [2.24, 2.45) is 5.92 Å². The topological polar surface area (TPSA) is 75.6 Å². The van der Waals surface area contributed by atoms with Gasteiger partial charge in [-0.25, -0.2) is 0 Å². The average molecular weight is 261 g/mol. The molecule has 5 nitrogen and oxygen atoms in total. The SMILES string of the molecule is CCC1OCCC1CNC(=O)CSCC(=O)O. The van der Waals surface area contributed by atoms with Crippen LogP contribution in [-0.2, 0) is 14.3 Å². The first-order valence-electron chi connectivity index (χ1n) is 5.81. The monoisotopic (exact) mass is 261 g/mol. The number of amides is 1. The van der Waals surface area contributed by atoms with Gasteiger partial charge in [-0.1, -0.05) is 6.92 Å². The Bertz CT molecular complexity index is 272. The summed E-state index contributed by atoms with van der Waals surface area (Å²) in [7, 11) is 0. The van der Waals surface area contributed by atoms with Gasteiger partial charge in [0, 0.05) is 19.1 Å². The molecule has 1 saturated heterocycles. The summed E-state index contributed by atoms with van der Waals surface area (Å²) >= 11 is 1.12. The number of carbonyl (C=O) groups is 2. The van der Waals surface area contributed by atoms with Crippen LogP contribution in [0.2, 0.25) is 0 Å². The lowest BCUT2D eigenvalue weighted by Crippen LogP contribution is -2.33. The summed E-state index contributed by atoms with van der Waals surface area (Å²) in [5.41, 5.74) is 0. The highest BCUT2D eigenvalue weighted by Crippen LogP contribution is 2.22. The second-order valence-corrected chi connectivity index (χ2v) is 5.04. The van der Waals surface area contributed by atoms with Gasteiger partial charge < -0.3 is 15.2 Å². The van der Waals surface area contributed by atoms with E-state index in [1.54, 1.807) is 0 Å². The average Bonchev–Trinajstić information content (AvgIpc) is 2.73. The van der Waals surface area contributed by atoms with E-state index in [-0.39, 0.29) is 23.5 Å². The molecule has 1 rings (SSSR count). The highest BCUT2D eigenvalue weighted by atomic mass is 32.2. The summed E-state index contributed by atoms with van der Waals surface area (Å²) in [4.78, 5) is 21.7. The normalized spacial score (nSPS) is 23.6. The van der Waals surface area contributed by atoms with Crippen LogP contribution in [0.4, 0.5) is 0 Å². The highest BCUT2D eigenvalue weighted by Gasteiger charge is 2.26. The summed E-state index contributed by atoms with van der Waals surface area (Å²) in [6, 6.07) is 0. The van der Waals surface area contributed by atoms with E-state index in [2.05, 4.69) is 12.2 Å². The fourth-order valence-corrected chi connectivity index (χ4v) is 2.47. The molecule has 2 atom stereocenters. The van der Waals surface area contributed by atoms with Gasteiger partial charge in [0.15, 0.2) is 0 Å². The van der Waals surface area contributed by atoms with Crippen LogP contribution in [0.15, 0.2) is 0 Å². The Balaban J connectivity index is 2.12. The molecule has 0 bridgehead atoms. The molecule has 0 saturated carbocycles. The van der Waals surface area contributed by atoms with Crippen LogP contribution in [-0.4, -0.2) is 47.7 Å². The zero-order chi connectivity index (χ0) is 12.7. The van der Waals surface area contributed by atoms with Gasteiger partial charge in [0.25, 0.3) is 0 Å². The van der Waals surface area contributed by atoms with Gasteiger partial charge >= 0.3 is 5.97 Å². The number of carboxylic acid groups (broad SMARTS) is 1. The Hall–Kier alpha value is -0.750. The van der Waals surface area contributed by atoms with E-state index in [0.717, 1.165) is 31.2 Å². The maximum atomic E-state index is 11.4. The maximum Gasteiger partial charge on any atom is 0.313 e. The minimum atomic E-state index is -0.891. The molecule has 6 heteroatoms. The van der Waals surface area contributed by atoms with E-state index in [1.165, 1.54) is 0 Å².